The van der Waals surface area contributed by atoms with E-state index in [9.17, 15) is 8.42 Å². The molecule has 0 amide bonds. The lowest BCUT2D eigenvalue weighted by Gasteiger charge is -2.02. The van der Waals surface area contributed by atoms with E-state index in [1.165, 1.54) is 18.3 Å². The van der Waals surface area contributed by atoms with Crippen molar-refractivity contribution >= 4 is 21.6 Å². The molecule has 0 atom stereocenters. The van der Waals surface area contributed by atoms with Crippen LogP contribution < -0.4 is 0 Å². The van der Waals surface area contributed by atoms with Gasteiger partial charge in [-0.25, -0.2) is 13.4 Å². The lowest BCUT2D eigenvalue weighted by molar-refractivity contribution is 0.602. The predicted molar refractivity (Wildman–Crippen MR) is 71.8 cm³/mol. The Morgan fingerprint density at radius 2 is 1.89 bits per heavy atom. The molecule has 1 aromatic rings. The van der Waals surface area contributed by atoms with Crippen molar-refractivity contribution in [3.05, 3.63) is 48.7 Å². The molecule has 0 saturated heterocycles. The average Bonchev–Trinajstić information content (AvgIpc) is 2.34. The molecule has 18 heavy (non-hydrogen) atoms. The summed E-state index contributed by atoms with van der Waals surface area (Å²) in [5.74, 6) is 0. The second-order valence-electron chi connectivity index (χ2n) is 3.64. The number of benzene rings is 1. The van der Waals surface area contributed by atoms with Crippen molar-refractivity contribution in [2.75, 3.05) is 6.26 Å². The van der Waals surface area contributed by atoms with Gasteiger partial charge in [-0.2, -0.15) is 5.26 Å². The normalized spacial score (nSPS) is 11.1. The van der Waals surface area contributed by atoms with Gasteiger partial charge in [0.05, 0.1) is 4.90 Å². The summed E-state index contributed by atoms with van der Waals surface area (Å²) in [5, 5.41) is 8.48. The third-order valence-corrected chi connectivity index (χ3v) is 3.29. The summed E-state index contributed by atoms with van der Waals surface area (Å²) < 4.78 is 22.5. The molecule has 0 unspecified atom stereocenters. The van der Waals surface area contributed by atoms with Gasteiger partial charge in [0.25, 0.3) is 0 Å². The molecule has 0 aliphatic rings. The largest absolute Gasteiger partial charge is 0.246 e. The second-order valence-corrected chi connectivity index (χ2v) is 5.65. The van der Waals surface area contributed by atoms with Crippen molar-refractivity contribution in [1.29, 1.82) is 5.26 Å². The molecule has 5 heteroatoms. The van der Waals surface area contributed by atoms with E-state index in [4.69, 9.17) is 5.26 Å². The van der Waals surface area contributed by atoms with Crippen LogP contribution in [-0.2, 0) is 9.84 Å². The Morgan fingerprint density at radius 1 is 1.33 bits per heavy atom. The summed E-state index contributed by atoms with van der Waals surface area (Å²) in [6.45, 7) is 7.18. The molecule has 0 N–H and O–H groups in total. The molecule has 4 nitrogen and oxygen atoms in total. The summed E-state index contributed by atoms with van der Waals surface area (Å²) in [4.78, 5) is 4.04. The van der Waals surface area contributed by atoms with E-state index >= 15 is 0 Å². The van der Waals surface area contributed by atoms with E-state index in [2.05, 4.69) is 18.2 Å². The number of sulfone groups is 1. The Kier molecular flexibility index (Phi) is 4.18. The fourth-order valence-corrected chi connectivity index (χ4v) is 1.81. The van der Waals surface area contributed by atoms with E-state index in [1.807, 2.05) is 0 Å². The Morgan fingerprint density at radius 3 is 2.33 bits per heavy atom. The van der Waals surface area contributed by atoms with Crippen molar-refractivity contribution in [3.8, 4) is 6.07 Å². The van der Waals surface area contributed by atoms with Crippen LogP contribution >= 0.6 is 0 Å². The van der Waals surface area contributed by atoms with E-state index in [0.29, 0.717) is 5.57 Å². The highest BCUT2D eigenvalue weighted by Crippen LogP contribution is 2.15. The second kappa shape index (κ2) is 5.43. The van der Waals surface area contributed by atoms with Gasteiger partial charge in [0.2, 0.25) is 0 Å². The van der Waals surface area contributed by atoms with Crippen LogP contribution in [0.2, 0.25) is 0 Å². The molecule has 1 aromatic carbocycles. The number of nitriles is 1. The smallest absolute Gasteiger partial charge is 0.175 e. The number of allylic oxidation sites excluding steroid dienone is 2. The Labute approximate surface area is 107 Å². The number of hydrogen-bond donors (Lipinski definition) is 0. The molecular formula is C13H12N2O2S. The third-order valence-electron chi connectivity index (χ3n) is 2.16. The predicted octanol–water partition coefficient (Wildman–Crippen LogP) is 2.21. The van der Waals surface area contributed by atoms with Crippen molar-refractivity contribution in [2.45, 2.75) is 4.90 Å². The minimum Gasteiger partial charge on any atom is -0.246 e. The molecule has 0 aliphatic carbocycles. The molecular weight excluding hydrogens is 248 g/mol. The number of rotatable bonds is 4. The molecule has 0 heterocycles. The van der Waals surface area contributed by atoms with Crippen LogP contribution in [0.4, 0.5) is 0 Å². The highest BCUT2D eigenvalue weighted by atomic mass is 32.2. The summed E-state index contributed by atoms with van der Waals surface area (Å²) in [6, 6.07) is 8.07. The number of aliphatic imine (C=N–C) groups is 1. The van der Waals surface area contributed by atoms with Gasteiger partial charge in [-0.3, -0.25) is 0 Å². The minimum atomic E-state index is -3.20. The highest BCUT2D eigenvalue weighted by molar-refractivity contribution is 7.90. The summed E-state index contributed by atoms with van der Waals surface area (Å²) in [7, 11) is -3.20. The first-order valence-electron chi connectivity index (χ1n) is 4.97. The maximum Gasteiger partial charge on any atom is 0.175 e. The van der Waals surface area contributed by atoms with Gasteiger partial charge < -0.3 is 0 Å². The van der Waals surface area contributed by atoms with Crippen LogP contribution in [0, 0.1) is 11.3 Å². The first-order chi connectivity index (χ1) is 8.34. The molecule has 0 radical (unpaired) electrons. The zero-order valence-corrected chi connectivity index (χ0v) is 10.7. The zero-order chi connectivity index (χ0) is 13.8. The van der Waals surface area contributed by atoms with Gasteiger partial charge in [0.1, 0.15) is 11.8 Å². The molecule has 0 fully saturated rings. The van der Waals surface area contributed by atoms with Crippen LogP contribution in [0.3, 0.4) is 0 Å². The minimum absolute atomic E-state index is 0.0870. The van der Waals surface area contributed by atoms with Crippen molar-refractivity contribution in [2.24, 2.45) is 4.99 Å². The first-order valence-corrected chi connectivity index (χ1v) is 6.86. The fourth-order valence-electron chi connectivity index (χ4n) is 1.18. The van der Waals surface area contributed by atoms with E-state index in [1.54, 1.807) is 18.2 Å². The quantitative estimate of drug-likeness (QED) is 0.615. The van der Waals surface area contributed by atoms with E-state index < -0.39 is 9.84 Å². The van der Waals surface area contributed by atoms with Gasteiger partial charge in [-0.05, 0) is 23.3 Å². The summed E-state index contributed by atoms with van der Waals surface area (Å²) in [6.07, 6.45) is 2.57. The lowest BCUT2D eigenvalue weighted by atomic mass is 10.1. The van der Waals surface area contributed by atoms with Crippen LogP contribution in [0.15, 0.2) is 53.0 Å². The Bertz CT molecular complexity index is 647. The van der Waals surface area contributed by atoms with Crippen molar-refractivity contribution < 1.29 is 8.42 Å². The van der Waals surface area contributed by atoms with Gasteiger partial charge >= 0.3 is 0 Å². The lowest BCUT2D eigenvalue weighted by Crippen LogP contribution is -1.96. The van der Waals surface area contributed by atoms with Crippen molar-refractivity contribution in [3.63, 3.8) is 0 Å². The van der Waals surface area contributed by atoms with Gasteiger partial charge in [0.15, 0.2) is 9.84 Å². The van der Waals surface area contributed by atoms with Gasteiger partial charge in [-0.1, -0.05) is 25.3 Å². The van der Waals surface area contributed by atoms with Crippen molar-refractivity contribution in [1.82, 2.24) is 0 Å². The third kappa shape index (κ3) is 3.68. The van der Waals surface area contributed by atoms with Gasteiger partial charge in [-0.15, -0.1) is 0 Å². The summed E-state index contributed by atoms with van der Waals surface area (Å²) in [5.41, 5.74) is 1.40. The molecule has 92 valence electrons. The van der Waals surface area contributed by atoms with Crippen LogP contribution in [0.1, 0.15) is 5.56 Å². The topological polar surface area (TPSA) is 70.3 Å². The standard InChI is InChI=1S/C13H12N2O2S/c1-10(9-15-11(2)8-14)12-4-6-13(7-5-12)18(3,16)17/h4-7,9H,1-2H2,3H3/b15-9+. The molecule has 1 rings (SSSR count). The Hall–Kier alpha value is -2.19. The molecule has 0 bridgehead atoms. The monoisotopic (exact) mass is 260 g/mol. The average molecular weight is 260 g/mol. The van der Waals surface area contributed by atoms with Crippen LogP contribution in [0.25, 0.3) is 5.57 Å². The Balaban J connectivity index is 2.94. The van der Waals surface area contributed by atoms with E-state index in [-0.39, 0.29) is 10.6 Å². The van der Waals surface area contributed by atoms with Gasteiger partial charge in [0, 0.05) is 12.5 Å². The SMILES string of the molecule is C=C(C#N)/N=C/C(=C)c1ccc(S(C)(=O)=O)cc1. The first kappa shape index (κ1) is 13.9. The van der Waals surface area contributed by atoms with E-state index in [0.717, 1.165) is 11.8 Å². The van der Waals surface area contributed by atoms with Crippen LogP contribution in [0.5, 0.6) is 0 Å². The zero-order valence-electron chi connectivity index (χ0n) is 9.92. The summed E-state index contributed by atoms with van der Waals surface area (Å²) >= 11 is 0. The number of nitrogens with zero attached hydrogens (tertiary/aromatic N) is 2. The number of hydrogen-bond acceptors (Lipinski definition) is 4. The highest BCUT2D eigenvalue weighted by Gasteiger charge is 2.06. The maximum absolute atomic E-state index is 11.3. The molecule has 0 aliphatic heterocycles. The molecule has 0 aromatic heterocycles. The maximum atomic E-state index is 11.3. The molecule has 0 saturated carbocycles. The molecule has 0 spiro atoms. The van der Waals surface area contributed by atoms with Crippen LogP contribution in [-0.4, -0.2) is 20.9 Å². The fraction of sp³-hybridized carbons (Fsp3) is 0.0769.